The van der Waals surface area contributed by atoms with Crippen LogP contribution in [0.25, 0.3) is 0 Å². The highest BCUT2D eigenvalue weighted by atomic mass is 35.5. The Morgan fingerprint density at radius 3 is 0.750 bits per heavy atom. The maximum atomic E-state index is 16.3. The summed E-state index contributed by atoms with van der Waals surface area (Å²) < 4.78 is 140. The lowest BCUT2D eigenvalue weighted by Gasteiger charge is -2.37. The summed E-state index contributed by atoms with van der Waals surface area (Å²) in [4.78, 5) is 60.0. The van der Waals surface area contributed by atoms with Gasteiger partial charge in [-0.1, -0.05) is 132 Å². The first kappa shape index (κ1) is 102. The number of hydrogen-bond donors (Lipinski definition) is 4. The quantitative estimate of drug-likeness (QED) is 0.0225. The first-order valence-electron chi connectivity index (χ1n) is 50.8. The number of alkyl halides is 2. The third-order valence-corrected chi connectivity index (χ3v) is 26.9. The first-order chi connectivity index (χ1) is 68.7. The van der Waals surface area contributed by atoms with Gasteiger partial charge in [-0.3, -0.25) is 19.2 Å². The van der Waals surface area contributed by atoms with Crippen molar-refractivity contribution >= 4 is 69.6 Å². The average molecular weight is 1970 g/mol. The highest BCUT2D eigenvalue weighted by Crippen LogP contribution is 2.63. The van der Waals surface area contributed by atoms with E-state index >= 15 is 9.59 Å². The van der Waals surface area contributed by atoms with Gasteiger partial charge in [0.1, 0.15) is 48.0 Å². The van der Waals surface area contributed by atoms with Gasteiger partial charge in [-0.2, -0.15) is 0 Å². The first-order valence-corrected chi connectivity index (χ1v) is 51.9. The molecule has 0 aromatic heterocycles. The fraction of sp³-hybridized carbons (Fsp3) is 0.527. The molecule has 0 fully saturated rings. The van der Waals surface area contributed by atoms with Gasteiger partial charge in [-0.25, -0.2) is 0 Å². The zero-order valence-electron chi connectivity index (χ0n) is 82.3. The minimum atomic E-state index is -0.640. The van der Waals surface area contributed by atoms with Crippen LogP contribution in [-0.2, 0) is 63.8 Å². The molecule has 1 aliphatic carbocycles. The Hall–Kier alpha value is -11.1. The maximum Gasteiger partial charge on any atom is 0.262 e. The number of carbonyl (C=O) groups is 4. The summed E-state index contributed by atoms with van der Waals surface area (Å²) in [5.41, 5.74) is 13.0. The highest BCUT2D eigenvalue weighted by Gasteiger charge is 2.45. The molecule has 7 heterocycles. The molecule has 7 aliphatic heterocycles. The van der Waals surface area contributed by atoms with Crippen LogP contribution in [0.4, 0.5) is 22.7 Å². The summed E-state index contributed by atoms with van der Waals surface area (Å²) in [5, 5.41) is 12.9. The van der Waals surface area contributed by atoms with Crippen LogP contribution >= 0.6 is 23.2 Å². The molecule has 8 aromatic carbocycles. The number of nitrogens with one attached hydrogen (secondary N) is 4. The summed E-state index contributed by atoms with van der Waals surface area (Å²) in [5.74, 6) is 0.986. The number of rotatable bonds is 32. The minimum Gasteiger partial charge on any atom is -0.493 e. The van der Waals surface area contributed by atoms with Crippen molar-refractivity contribution in [3.05, 3.63) is 162 Å². The number of unbranched alkanes of at least 4 members (excludes halogenated alkanes) is 8. The molecule has 140 heavy (non-hydrogen) atoms. The number of benzene rings is 8. The molecule has 28 nitrogen and oxygen atoms in total. The lowest BCUT2D eigenvalue weighted by atomic mass is 9.75. The van der Waals surface area contributed by atoms with E-state index in [1.807, 2.05) is 76.2 Å². The van der Waals surface area contributed by atoms with Crippen LogP contribution in [0.5, 0.6) is 92.0 Å². The molecule has 754 valence electrons. The molecule has 2 atom stereocenters. The van der Waals surface area contributed by atoms with Crippen molar-refractivity contribution in [3.8, 4) is 92.0 Å². The zero-order valence-corrected chi connectivity index (χ0v) is 83.8. The Balaban J connectivity index is 1.000. The number of carbonyl (C=O) groups excluding carboxylic acids is 4. The van der Waals surface area contributed by atoms with Crippen LogP contribution in [0.15, 0.2) is 72.8 Å². The molecule has 0 radical (unpaired) electrons. The zero-order chi connectivity index (χ0) is 97.4. The molecule has 4 amide bonds. The topological polar surface area (TPSA) is 301 Å². The maximum absolute atomic E-state index is 16.3. The molecule has 30 heteroatoms. The smallest absolute Gasteiger partial charge is 0.262 e. The van der Waals surface area contributed by atoms with Crippen molar-refractivity contribution in [3.63, 3.8) is 0 Å². The van der Waals surface area contributed by atoms with Crippen LogP contribution in [-0.4, -0.2) is 168 Å². The Morgan fingerprint density at radius 2 is 0.521 bits per heavy atom. The van der Waals surface area contributed by atoms with Gasteiger partial charge in [0.15, 0.2) is 59.2 Å². The molecule has 0 spiro atoms. The second kappa shape index (κ2) is 50.0. The summed E-state index contributed by atoms with van der Waals surface area (Å²) in [7, 11) is 0. The summed E-state index contributed by atoms with van der Waals surface area (Å²) >= 11 is 12.7. The molecule has 4 N–H and O–H groups in total. The van der Waals surface area contributed by atoms with Gasteiger partial charge in [0, 0.05) is 161 Å². The van der Waals surface area contributed by atoms with Gasteiger partial charge in [0.2, 0.25) is 62.0 Å². The van der Waals surface area contributed by atoms with E-state index in [-0.39, 0.29) is 107 Å². The van der Waals surface area contributed by atoms with Crippen molar-refractivity contribution < 1.29 is 114 Å². The highest BCUT2D eigenvalue weighted by molar-refractivity contribution is 6.29. The van der Waals surface area contributed by atoms with E-state index in [1.165, 1.54) is 0 Å². The van der Waals surface area contributed by atoms with Crippen molar-refractivity contribution in [2.75, 3.05) is 166 Å². The number of anilines is 4. The third-order valence-electron chi connectivity index (χ3n) is 26.4. The SMILES string of the molecule is CCCCCC1c2cc3c4c5c2OCOc2c1cc1c(c2OCCOCCOCCOCCOCCO5)OCOc2c(cc5c6c2OCC(=O)Nc2cc7c(OCCC)c(c2)Cc2cc(cc(c2OCCC)Cc2cc(NC(=O)CCl)cc(c2OCCC)Cc2cc(NC(=O)CCl)cc(c2OCCC)C7)NC(=O)COc2c(c(cc(c2OCO6)C5CCCCC)C3CCCCC)OCO4)C1CCCCC. The van der Waals surface area contributed by atoms with Crippen molar-refractivity contribution in [2.45, 2.75) is 233 Å². The van der Waals surface area contributed by atoms with Gasteiger partial charge in [-0.15, -0.1) is 23.2 Å². The van der Waals surface area contributed by atoms with Crippen LogP contribution in [0.1, 0.15) is 296 Å². The van der Waals surface area contributed by atoms with Gasteiger partial charge >= 0.3 is 0 Å². The molecule has 16 rings (SSSR count). The Kier molecular flexibility index (Phi) is 36.4. The van der Waals surface area contributed by atoms with E-state index < -0.39 is 80.9 Å². The third kappa shape index (κ3) is 23.9. The van der Waals surface area contributed by atoms with E-state index in [2.05, 4.69) is 73.2 Å². The Morgan fingerprint density at radius 1 is 0.293 bits per heavy atom. The molecular formula is C110H136Cl2N4O24. The van der Waals surface area contributed by atoms with Crippen molar-refractivity contribution in [2.24, 2.45) is 0 Å². The summed E-state index contributed by atoms with van der Waals surface area (Å²) in [6.45, 7) is 17.8. The van der Waals surface area contributed by atoms with Gasteiger partial charge in [-0.05, 0) is 124 Å². The lowest BCUT2D eigenvalue weighted by Crippen LogP contribution is -2.26. The fourth-order valence-corrected chi connectivity index (χ4v) is 20.4. The van der Waals surface area contributed by atoms with Gasteiger partial charge < -0.3 is 116 Å². The van der Waals surface area contributed by atoms with Crippen LogP contribution < -0.4 is 97.1 Å². The van der Waals surface area contributed by atoms with E-state index in [0.717, 1.165) is 115 Å². The summed E-state index contributed by atoms with van der Waals surface area (Å²) in [6.07, 6.45) is 15.2. The average Bonchev–Trinajstić information content (AvgIpc) is 0.717. The predicted octanol–water partition coefficient (Wildman–Crippen LogP) is 22.1. The monoisotopic (exact) mass is 1970 g/mol. The van der Waals surface area contributed by atoms with Gasteiger partial charge in [0.25, 0.3) is 11.8 Å². The Labute approximate surface area is 831 Å². The van der Waals surface area contributed by atoms with Crippen LogP contribution in [0.2, 0.25) is 0 Å². The molecule has 0 saturated carbocycles. The largest absolute Gasteiger partial charge is 0.493 e. The van der Waals surface area contributed by atoms with E-state index in [4.69, 9.17) is 118 Å². The van der Waals surface area contributed by atoms with Crippen molar-refractivity contribution in [1.29, 1.82) is 0 Å². The van der Waals surface area contributed by atoms with E-state index in [0.29, 0.717) is 247 Å². The summed E-state index contributed by atoms with van der Waals surface area (Å²) in [6, 6.07) is 24.2. The lowest BCUT2D eigenvalue weighted by molar-refractivity contribution is -0.118. The standard InChI is InChI=1S/C110H136Cl2N4O24/c1-9-17-21-25-79-83-55-85-80(26-22-18-10-2)87-57-89-82(28-24-20-12-4)90-58-88-81(27-23-19-11-3)86-56-84(79)100-108-102(86)136-65-138-104(88)110-106(90)140-66-139-105(89)109(103(87)137-64-135-101(85)107(99(83)133-63-134-100)129-41-39-123-37-35-121-33-34-122-36-38-124-40-42-130-108)131-61-93(119)115-77-51-71-44-69-49-75(113-91(117)59-111)47-67(95(69)125-29-13-5)43-68-48-76(114-92(118)60-112)50-70(96(68)126-30-14-6)45-72-52-78(116-94(120)62-132-110)54-74(98(72)128-32-16-8)46-73(53-77)97(71)127-31-15-7/h47-58,79-82H,9-46,59-66H2,1-8H3,(H,113,117)(H,114,118)(H,115,119)(H,116,120). The number of ether oxygens (including phenoxy) is 20. The number of hydrogen-bond acceptors (Lipinski definition) is 24. The second-order valence-electron chi connectivity index (χ2n) is 36.8. The van der Waals surface area contributed by atoms with E-state index in [1.54, 1.807) is 0 Å². The Bertz CT molecular complexity index is 5340. The van der Waals surface area contributed by atoms with Crippen LogP contribution in [0.3, 0.4) is 0 Å². The molecule has 8 aromatic rings. The normalized spacial score (nSPS) is 17.7. The second-order valence-corrected chi connectivity index (χ2v) is 37.3. The van der Waals surface area contributed by atoms with Gasteiger partial charge in [0.05, 0.1) is 79.3 Å². The molecular weight excluding hydrogens is 1830 g/mol. The number of halogens is 2. The predicted molar refractivity (Wildman–Crippen MR) is 536 cm³/mol. The minimum absolute atomic E-state index is 0.0779. The number of amides is 4. The van der Waals surface area contributed by atoms with Crippen LogP contribution in [0, 0.1) is 0 Å². The molecule has 18 bridgehead atoms. The van der Waals surface area contributed by atoms with E-state index in [9.17, 15) is 9.59 Å². The molecule has 8 aliphatic rings. The molecule has 2 unspecified atom stereocenters. The van der Waals surface area contributed by atoms with Crippen molar-refractivity contribution in [1.82, 2.24) is 0 Å². The molecule has 0 saturated heterocycles. The fourth-order valence-electron chi connectivity index (χ4n) is 20.3. The number of fused-ring (bicyclic) bond motifs is 22.